The van der Waals surface area contributed by atoms with Gasteiger partial charge in [0.2, 0.25) is 11.7 Å². The molecule has 4 rings (SSSR count). The second-order valence-corrected chi connectivity index (χ2v) is 7.84. The van der Waals surface area contributed by atoms with Gasteiger partial charge in [0.1, 0.15) is 11.7 Å². The first-order valence-corrected chi connectivity index (χ1v) is 10.5. The molecule has 2 N–H and O–H groups in total. The Morgan fingerprint density at radius 2 is 2.13 bits per heavy atom. The van der Waals surface area contributed by atoms with Crippen molar-refractivity contribution in [2.75, 3.05) is 19.5 Å². The van der Waals surface area contributed by atoms with Gasteiger partial charge in [-0.1, -0.05) is 19.8 Å². The molecular weight excluding hydrogens is 398 g/mol. The number of amidine groups is 1. The number of hydrogen-bond donors (Lipinski definition) is 2. The summed E-state index contributed by atoms with van der Waals surface area (Å²) in [6.07, 6.45) is 5.04. The minimum atomic E-state index is -1.03. The van der Waals surface area contributed by atoms with Gasteiger partial charge in [-0.15, -0.1) is 0 Å². The molecule has 0 unspecified atom stereocenters. The standard InChI is InChI=1S/C22H25N5O4/c1-4-16-20(28)26(2)17-12-23-22(25-19(17)27(16)14-7-5-6-8-14)24-15-10-9-13(21(29)30)11-18(15)31-3/h9-11,14,16H,4-8H2,1-3H3,(H,29,30)/p+1/t16-/m1/s1. The Morgan fingerprint density at radius 1 is 1.39 bits per heavy atom. The lowest BCUT2D eigenvalue weighted by Gasteiger charge is -2.42. The van der Waals surface area contributed by atoms with E-state index < -0.39 is 5.97 Å². The lowest BCUT2D eigenvalue weighted by molar-refractivity contribution is -0.134. The van der Waals surface area contributed by atoms with Crippen LogP contribution in [0.5, 0.6) is 5.75 Å². The van der Waals surface area contributed by atoms with Crippen LogP contribution in [0.2, 0.25) is 0 Å². The molecule has 1 amide bonds. The summed E-state index contributed by atoms with van der Waals surface area (Å²) in [5.41, 5.74) is 1.24. The zero-order valence-corrected chi connectivity index (χ0v) is 17.9. The lowest BCUT2D eigenvalue weighted by Crippen LogP contribution is -2.60. The number of nitrogens with zero attached hydrogens (tertiary/aromatic N) is 4. The molecule has 1 atom stereocenters. The number of guanidine groups is 1. The van der Waals surface area contributed by atoms with Crippen molar-refractivity contribution in [1.82, 2.24) is 14.5 Å². The van der Waals surface area contributed by atoms with Gasteiger partial charge in [0.25, 0.3) is 0 Å². The van der Waals surface area contributed by atoms with Gasteiger partial charge in [-0.25, -0.2) is 10.1 Å². The maximum atomic E-state index is 13.0. The highest BCUT2D eigenvalue weighted by atomic mass is 16.5. The first-order chi connectivity index (χ1) is 14.9. The second kappa shape index (κ2) is 8.30. The highest BCUT2D eigenvalue weighted by molar-refractivity contribution is 6.19. The van der Waals surface area contributed by atoms with Crippen LogP contribution >= 0.6 is 0 Å². The van der Waals surface area contributed by atoms with E-state index in [9.17, 15) is 14.7 Å². The largest absolute Gasteiger partial charge is 0.496 e. The molecule has 2 heterocycles. The molecular formula is C22H26N5O4+. The van der Waals surface area contributed by atoms with Crippen molar-refractivity contribution in [3.63, 3.8) is 0 Å². The monoisotopic (exact) mass is 424 g/mol. The summed E-state index contributed by atoms with van der Waals surface area (Å²) in [7, 11) is 3.21. The molecule has 31 heavy (non-hydrogen) atoms. The summed E-state index contributed by atoms with van der Waals surface area (Å²) in [6, 6.07) is 4.55. The molecule has 2 aliphatic heterocycles. The Balaban J connectivity index is 1.73. The Bertz CT molecular complexity index is 1060. The van der Waals surface area contributed by atoms with Gasteiger partial charge in [0, 0.05) is 13.1 Å². The number of hydrogen-bond acceptors (Lipinski definition) is 6. The molecule has 1 aliphatic carbocycles. The minimum absolute atomic E-state index is 0.0355. The van der Waals surface area contributed by atoms with Gasteiger partial charge < -0.3 is 14.7 Å². The Hall–Kier alpha value is -3.54. The number of fused-ring (bicyclic) bond motifs is 1. The van der Waals surface area contributed by atoms with Crippen LogP contribution in [0.3, 0.4) is 0 Å². The third-order valence-corrected chi connectivity index (χ3v) is 6.02. The van der Waals surface area contributed by atoms with Crippen LogP contribution < -0.4 is 14.7 Å². The third-order valence-electron chi connectivity index (χ3n) is 6.02. The van der Waals surface area contributed by atoms with E-state index in [1.807, 2.05) is 6.92 Å². The number of aliphatic imine (C=N–C) groups is 1. The summed E-state index contributed by atoms with van der Waals surface area (Å²) in [4.78, 5) is 32.7. The van der Waals surface area contributed by atoms with Gasteiger partial charge >= 0.3 is 11.9 Å². The number of carboxylic acids is 1. The first kappa shape index (κ1) is 20.7. The zero-order chi connectivity index (χ0) is 22.1. The van der Waals surface area contributed by atoms with Gasteiger partial charge in [0.05, 0.1) is 12.7 Å². The number of aromatic carboxylic acids is 1. The molecule has 1 saturated heterocycles. The van der Waals surface area contributed by atoms with Crippen molar-refractivity contribution >= 4 is 35.2 Å². The maximum Gasteiger partial charge on any atom is 0.496 e. The smallest absolute Gasteiger partial charge is 0.493 e. The van der Waals surface area contributed by atoms with Crippen LogP contribution in [0.1, 0.15) is 49.4 Å². The number of piperazine rings is 1. The predicted molar refractivity (Wildman–Crippen MR) is 118 cm³/mol. The summed E-state index contributed by atoms with van der Waals surface area (Å²) in [5.74, 6) is 3.35. The number of benzene rings is 1. The fraction of sp³-hybridized carbons (Fsp3) is 0.455. The molecule has 1 aromatic carbocycles. The minimum Gasteiger partial charge on any atom is -0.493 e. The normalized spacial score (nSPS) is 20.8. The van der Waals surface area contributed by atoms with E-state index in [-0.39, 0.29) is 23.6 Å². The Labute approximate surface area is 180 Å². The molecule has 0 bridgehead atoms. The number of carbonyl (C=O) groups excluding carboxylic acids is 1. The van der Waals surface area contributed by atoms with Gasteiger partial charge in [-0.3, -0.25) is 9.69 Å². The zero-order valence-electron chi connectivity index (χ0n) is 17.9. The highest BCUT2D eigenvalue weighted by Gasteiger charge is 2.46. The van der Waals surface area contributed by atoms with Crippen molar-refractivity contribution < 1.29 is 19.4 Å². The quantitative estimate of drug-likeness (QED) is 0.697. The van der Waals surface area contributed by atoms with Crippen molar-refractivity contribution in [1.29, 1.82) is 0 Å². The molecule has 9 nitrogen and oxygen atoms in total. The summed E-state index contributed by atoms with van der Waals surface area (Å²) in [5, 5.41) is 12.3. The second-order valence-electron chi connectivity index (χ2n) is 7.84. The topological polar surface area (TPSA) is 109 Å². The number of carbonyl (C=O) groups is 2. The van der Waals surface area contributed by atoms with Crippen LogP contribution in [-0.2, 0) is 4.79 Å². The van der Waals surface area contributed by atoms with Crippen LogP contribution in [0.25, 0.3) is 0 Å². The average molecular weight is 424 g/mol. The van der Waals surface area contributed by atoms with Crippen LogP contribution in [-0.4, -0.2) is 70.7 Å². The predicted octanol–water partition coefficient (Wildman–Crippen LogP) is 1.69. The van der Waals surface area contributed by atoms with Crippen molar-refractivity contribution in [2.24, 2.45) is 4.99 Å². The van der Waals surface area contributed by atoms with E-state index in [1.54, 1.807) is 18.0 Å². The average Bonchev–Trinajstić information content (AvgIpc) is 3.30. The number of rotatable bonds is 5. The summed E-state index contributed by atoms with van der Waals surface area (Å²) < 4.78 is 9.61. The van der Waals surface area contributed by atoms with Crippen molar-refractivity contribution in [3.8, 4) is 5.75 Å². The van der Waals surface area contributed by atoms with Crippen LogP contribution in [0, 0.1) is 0 Å². The van der Waals surface area contributed by atoms with E-state index >= 15 is 0 Å². The van der Waals surface area contributed by atoms with Crippen LogP contribution in [0.4, 0.5) is 5.69 Å². The maximum absolute atomic E-state index is 13.0. The molecule has 2 fully saturated rings. The molecule has 9 heteroatoms. The molecule has 0 aromatic heterocycles. The van der Waals surface area contributed by atoms with Gasteiger partial charge in [-0.05, 0) is 42.5 Å². The number of likely N-dealkylation sites (N-methyl/N-ethyl adjacent to an activating group) is 1. The molecule has 1 saturated carbocycles. The van der Waals surface area contributed by atoms with Crippen molar-refractivity contribution in [2.45, 2.75) is 51.1 Å². The number of amides is 1. The molecule has 0 radical (unpaired) electrons. The Morgan fingerprint density at radius 3 is 2.77 bits per heavy atom. The number of nitrogens with one attached hydrogen (secondary N) is 1. The number of ether oxygens (including phenoxy) is 1. The van der Waals surface area contributed by atoms with E-state index in [2.05, 4.69) is 20.8 Å². The molecule has 0 spiro atoms. The highest BCUT2D eigenvalue weighted by Crippen LogP contribution is 2.32. The van der Waals surface area contributed by atoms with E-state index in [4.69, 9.17) is 9.73 Å². The molecule has 1 aromatic rings. The van der Waals surface area contributed by atoms with Gasteiger partial charge in [0.15, 0.2) is 17.3 Å². The molecule has 3 aliphatic rings. The van der Waals surface area contributed by atoms with Crippen molar-refractivity contribution in [3.05, 3.63) is 29.5 Å². The number of anilines is 1. The third kappa shape index (κ3) is 3.69. The SMILES string of the molecule is CC[C@@H]1C(=O)N(C)C2=C=[N+]=C(Nc3ccc(C(=O)O)cc3OC)N=C2N1C1CCCC1. The fourth-order valence-electron chi connectivity index (χ4n) is 4.42. The Kier molecular flexibility index (Phi) is 5.55. The van der Waals surface area contributed by atoms with Gasteiger partial charge in [-0.2, -0.15) is 4.67 Å². The summed E-state index contributed by atoms with van der Waals surface area (Å²) in [6.45, 7) is 2.02. The van der Waals surface area contributed by atoms with Crippen LogP contribution in [0.15, 0.2) is 28.9 Å². The van der Waals surface area contributed by atoms with E-state index in [1.165, 1.54) is 19.2 Å². The summed E-state index contributed by atoms with van der Waals surface area (Å²) >= 11 is 0. The fourth-order valence-corrected chi connectivity index (χ4v) is 4.42. The first-order valence-electron chi connectivity index (χ1n) is 10.5. The van der Waals surface area contributed by atoms with E-state index in [0.717, 1.165) is 25.7 Å². The number of carboxylic acid groups (broad SMARTS) is 1. The lowest BCUT2D eigenvalue weighted by atomic mass is 10.0. The molecule has 162 valence electrons. The van der Waals surface area contributed by atoms with E-state index in [0.29, 0.717) is 35.3 Å². The number of methoxy groups -OCH3 is 1.